The van der Waals surface area contributed by atoms with Crippen LogP contribution >= 0.6 is 15.9 Å². The Morgan fingerprint density at radius 1 is 1.32 bits per heavy atom. The van der Waals surface area contributed by atoms with Gasteiger partial charge in [-0.3, -0.25) is 0 Å². The largest absolute Gasteiger partial charge is 0.496 e. The number of hydrogen-bond acceptors (Lipinski definition) is 3. The van der Waals surface area contributed by atoms with E-state index in [0.29, 0.717) is 19.5 Å². The molecule has 0 unspecified atom stereocenters. The molecule has 1 aliphatic rings. The maximum Gasteiger partial charge on any atom is 0.214 e. The first kappa shape index (κ1) is 17.7. The predicted octanol–water partition coefficient (Wildman–Crippen LogP) is 0.898. The van der Waals surface area contributed by atoms with Gasteiger partial charge in [0.05, 0.1) is 43.5 Å². The van der Waals surface area contributed by atoms with Crippen molar-refractivity contribution in [2.75, 3.05) is 39.0 Å². The summed E-state index contributed by atoms with van der Waals surface area (Å²) in [5.74, 6) is 1.09. The highest BCUT2D eigenvalue weighted by molar-refractivity contribution is 9.10. The maximum absolute atomic E-state index is 12.1. The Labute approximate surface area is 141 Å². The zero-order valence-corrected chi connectivity index (χ0v) is 15.5. The highest BCUT2D eigenvalue weighted by Crippen LogP contribution is 2.25. The fourth-order valence-electron chi connectivity index (χ4n) is 2.75. The van der Waals surface area contributed by atoms with Crippen LogP contribution in [0.1, 0.15) is 18.9 Å². The van der Waals surface area contributed by atoms with Crippen LogP contribution in [0.5, 0.6) is 5.75 Å². The molecule has 0 aliphatic carbocycles. The Balaban J connectivity index is 1.91. The molecule has 0 amide bonds. The predicted molar refractivity (Wildman–Crippen MR) is 90.7 cm³/mol. The molecule has 1 aliphatic heterocycles. The van der Waals surface area contributed by atoms with Crippen molar-refractivity contribution in [3.8, 4) is 5.75 Å². The second-order valence-corrected chi connectivity index (χ2v) is 8.55. The van der Waals surface area contributed by atoms with Crippen LogP contribution in [0, 0.1) is 0 Å². The molecule has 1 fully saturated rings. The lowest BCUT2D eigenvalue weighted by atomic mass is 10.2. The molecule has 7 heteroatoms. The monoisotopic (exact) mass is 391 g/mol. The molecule has 1 aromatic rings. The van der Waals surface area contributed by atoms with E-state index in [-0.39, 0.29) is 5.75 Å². The molecule has 0 atom stereocenters. The Bertz CT molecular complexity index is 599. The van der Waals surface area contributed by atoms with E-state index in [9.17, 15) is 8.42 Å². The van der Waals surface area contributed by atoms with Crippen LogP contribution in [0.4, 0.5) is 0 Å². The lowest BCUT2D eigenvalue weighted by Crippen LogP contribution is -3.13. The third-order valence-electron chi connectivity index (χ3n) is 3.96. The van der Waals surface area contributed by atoms with Gasteiger partial charge < -0.3 is 9.64 Å². The van der Waals surface area contributed by atoms with E-state index in [2.05, 4.69) is 28.1 Å². The zero-order valence-electron chi connectivity index (χ0n) is 13.1. The van der Waals surface area contributed by atoms with Gasteiger partial charge in [0.25, 0.3) is 0 Å². The molecule has 124 valence electrons. The number of halogens is 1. The Morgan fingerprint density at radius 2 is 2.00 bits per heavy atom. The van der Waals surface area contributed by atoms with Crippen molar-refractivity contribution in [3.05, 3.63) is 28.2 Å². The summed E-state index contributed by atoms with van der Waals surface area (Å²) in [6.45, 7) is 5.76. The van der Waals surface area contributed by atoms with Crippen molar-refractivity contribution in [2.45, 2.75) is 19.9 Å². The summed E-state index contributed by atoms with van der Waals surface area (Å²) in [7, 11) is -1.40. The smallest absolute Gasteiger partial charge is 0.214 e. The molecule has 0 saturated carbocycles. The summed E-state index contributed by atoms with van der Waals surface area (Å²) in [4.78, 5) is 1.42. The van der Waals surface area contributed by atoms with Crippen LogP contribution in [-0.2, 0) is 16.6 Å². The number of sulfonamides is 1. The van der Waals surface area contributed by atoms with Gasteiger partial charge in [-0.05, 0) is 40.5 Å². The normalized spacial score (nSPS) is 17.6. The SMILES string of the molecule is CCCS(=O)(=O)N1CC[NH+](Cc2ccc(OC)c(Br)c2)CC1. The van der Waals surface area contributed by atoms with Crippen molar-refractivity contribution >= 4 is 26.0 Å². The van der Waals surface area contributed by atoms with Crippen LogP contribution in [0.25, 0.3) is 0 Å². The van der Waals surface area contributed by atoms with E-state index in [4.69, 9.17) is 4.74 Å². The van der Waals surface area contributed by atoms with Gasteiger partial charge in [-0.2, -0.15) is 4.31 Å². The number of ether oxygens (including phenoxy) is 1. The first-order valence-electron chi connectivity index (χ1n) is 7.60. The zero-order chi connectivity index (χ0) is 16.2. The molecular weight excluding hydrogens is 368 g/mol. The van der Waals surface area contributed by atoms with E-state index in [1.165, 1.54) is 10.5 Å². The maximum atomic E-state index is 12.1. The van der Waals surface area contributed by atoms with E-state index in [1.807, 2.05) is 13.0 Å². The average molecular weight is 392 g/mol. The van der Waals surface area contributed by atoms with Crippen molar-refractivity contribution < 1.29 is 18.1 Å². The van der Waals surface area contributed by atoms with Crippen LogP contribution in [-0.4, -0.2) is 51.8 Å². The first-order chi connectivity index (χ1) is 10.5. The lowest BCUT2D eigenvalue weighted by molar-refractivity contribution is -0.917. The highest BCUT2D eigenvalue weighted by Gasteiger charge is 2.28. The number of nitrogens with zero attached hydrogens (tertiary/aromatic N) is 1. The van der Waals surface area contributed by atoms with Gasteiger partial charge in [-0.15, -0.1) is 0 Å². The Hall–Kier alpha value is -0.630. The summed E-state index contributed by atoms with van der Waals surface area (Å²) in [6, 6.07) is 6.10. The van der Waals surface area contributed by atoms with E-state index < -0.39 is 10.0 Å². The van der Waals surface area contributed by atoms with Crippen molar-refractivity contribution in [2.24, 2.45) is 0 Å². The fraction of sp³-hybridized carbons (Fsp3) is 0.600. The van der Waals surface area contributed by atoms with Crippen molar-refractivity contribution in [3.63, 3.8) is 0 Å². The minimum atomic E-state index is -3.05. The molecule has 1 saturated heterocycles. The van der Waals surface area contributed by atoms with Crippen molar-refractivity contribution in [1.29, 1.82) is 0 Å². The number of methoxy groups -OCH3 is 1. The molecule has 1 heterocycles. The van der Waals surface area contributed by atoms with E-state index in [0.717, 1.165) is 29.9 Å². The second kappa shape index (κ2) is 7.77. The van der Waals surface area contributed by atoms with Crippen LogP contribution < -0.4 is 9.64 Å². The van der Waals surface area contributed by atoms with Gasteiger partial charge in [-0.25, -0.2) is 8.42 Å². The number of benzene rings is 1. The third-order valence-corrected chi connectivity index (χ3v) is 6.65. The second-order valence-electron chi connectivity index (χ2n) is 5.61. The summed E-state index contributed by atoms with van der Waals surface area (Å²) < 4.78 is 32.0. The fourth-order valence-corrected chi connectivity index (χ4v) is 4.85. The minimum absolute atomic E-state index is 0.258. The molecule has 22 heavy (non-hydrogen) atoms. The third kappa shape index (κ3) is 4.44. The Morgan fingerprint density at radius 3 is 2.55 bits per heavy atom. The molecule has 0 spiro atoms. The topological polar surface area (TPSA) is 51.0 Å². The molecule has 1 aromatic carbocycles. The highest BCUT2D eigenvalue weighted by atomic mass is 79.9. The molecule has 1 N–H and O–H groups in total. The molecule has 0 radical (unpaired) electrons. The lowest BCUT2D eigenvalue weighted by Gasteiger charge is -2.31. The van der Waals surface area contributed by atoms with Gasteiger partial charge in [-0.1, -0.05) is 6.92 Å². The van der Waals surface area contributed by atoms with Gasteiger partial charge in [0.1, 0.15) is 12.3 Å². The summed E-state index contributed by atoms with van der Waals surface area (Å²) in [6.07, 6.45) is 0.676. The first-order valence-corrected chi connectivity index (χ1v) is 10.00. The quantitative estimate of drug-likeness (QED) is 0.783. The molecule has 0 bridgehead atoms. The van der Waals surface area contributed by atoms with E-state index >= 15 is 0 Å². The summed E-state index contributed by atoms with van der Waals surface area (Å²) >= 11 is 3.50. The van der Waals surface area contributed by atoms with Crippen LogP contribution in [0.2, 0.25) is 0 Å². The summed E-state index contributed by atoms with van der Waals surface area (Å²) in [5.41, 5.74) is 1.23. The Kier molecular flexibility index (Phi) is 6.26. The number of piperazine rings is 1. The average Bonchev–Trinajstić information content (AvgIpc) is 2.48. The number of nitrogens with one attached hydrogen (secondary N) is 1. The van der Waals surface area contributed by atoms with Gasteiger partial charge in [0, 0.05) is 5.56 Å². The van der Waals surface area contributed by atoms with Gasteiger partial charge in [0.15, 0.2) is 0 Å². The van der Waals surface area contributed by atoms with Crippen LogP contribution in [0.15, 0.2) is 22.7 Å². The molecule has 5 nitrogen and oxygen atoms in total. The number of quaternary nitrogens is 1. The van der Waals surface area contributed by atoms with Crippen molar-refractivity contribution in [1.82, 2.24) is 4.31 Å². The molecular formula is C15H24BrN2O3S+. The van der Waals surface area contributed by atoms with Gasteiger partial charge >= 0.3 is 0 Å². The summed E-state index contributed by atoms with van der Waals surface area (Å²) in [5, 5.41) is 0. The molecule has 0 aromatic heterocycles. The van der Waals surface area contributed by atoms with E-state index in [1.54, 1.807) is 11.4 Å². The standard InChI is InChI=1S/C15H23BrN2O3S/c1-3-10-22(19,20)18-8-6-17(7-9-18)12-13-4-5-15(21-2)14(16)11-13/h4-5,11H,3,6-10,12H2,1-2H3/p+1. The van der Waals surface area contributed by atoms with Crippen LogP contribution in [0.3, 0.4) is 0 Å². The number of hydrogen-bond donors (Lipinski definition) is 1. The van der Waals surface area contributed by atoms with Gasteiger partial charge in [0.2, 0.25) is 10.0 Å². The minimum Gasteiger partial charge on any atom is -0.496 e. The number of rotatable bonds is 6. The molecule has 2 rings (SSSR count).